The number of nitrogens with zero attached hydrogens (tertiary/aromatic N) is 5. The molecule has 4 heterocycles. The Morgan fingerprint density at radius 1 is 0.726 bits per heavy atom. The molecule has 3 aromatic carbocycles. The average Bonchev–Trinajstić information content (AvgIpc) is 3.91. The van der Waals surface area contributed by atoms with Crippen LogP contribution in [0.3, 0.4) is 0 Å². The van der Waals surface area contributed by atoms with Crippen LogP contribution in [0.2, 0.25) is 0 Å². The van der Waals surface area contributed by atoms with Crippen LogP contribution >= 0.6 is 0 Å². The van der Waals surface area contributed by atoms with Gasteiger partial charge in [-0.3, -0.25) is 30.5 Å². The summed E-state index contributed by atoms with van der Waals surface area (Å²) in [5, 5.41) is 21.8. The van der Waals surface area contributed by atoms with E-state index < -0.39 is 17.9 Å². The Morgan fingerprint density at radius 2 is 1.39 bits per heavy atom. The predicted molar refractivity (Wildman–Crippen MR) is 233 cm³/mol. The fourth-order valence-electron chi connectivity index (χ4n) is 5.58. The number of nitrogens with one attached hydrogen (secondary N) is 5. The maximum atomic E-state index is 14.3. The van der Waals surface area contributed by atoms with Crippen LogP contribution in [0.5, 0.6) is 23.0 Å². The number of pyridine rings is 2. The van der Waals surface area contributed by atoms with Crippen molar-refractivity contribution in [3.8, 4) is 28.7 Å². The van der Waals surface area contributed by atoms with Crippen LogP contribution in [0.4, 0.5) is 37.0 Å². The summed E-state index contributed by atoms with van der Waals surface area (Å²) in [6.45, 7) is 10.0. The lowest BCUT2D eigenvalue weighted by Crippen LogP contribution is -2.21. The van der Waals surface area contributed by atoms with Crippen LogP contribution in [-0.4, -0.2) is 54.6 Å². The molecule has 0 saturated heterocycles. The average molecular weight is 841 g/mol. The number of ether oxygens (including phenoxy) is 3. The quantitative estimate of drug-likeness (QED) is 0.0738. The van der Waals surface area contributed by atoms with E-state index in [1.54, 1.807) is 103 Å². The highest BCUT2D eigenvalue weighted by Crippen LogP contribution is 2.27. The maximum Gasteiger partial charge on any atom is 0.324 e. The van der Waals surface area contributed by atoms with Crippen LogP contribution in [-0.2, 0) is 21.4 Å². The fraction of sp³-hybridized carbons (Fsp3) is 0.178. The number of esters is 1. The van der Waals surface area contributed by atoms with Crippen LogP contribution in [0, 0.1) is 12.7 Å². The molecule has 0 aliphatic rings. The minimum atomic E-state index is -0.615. The molecule has 4 aromatic heterocycles. The number of anilines is 4. The maximum absolute atomic E-state index is 14.3. The molecule has 62 heavy (non-hydrogen) atoms. The zero-order valence-corrected chi connectivity index (χ0v) is 34.6. The lowest BCUT2D eigenvalue weighted by molar-refractivity contribution is -0.142. The molecule has 0 radical (unpaired) electrons. The Bertz CT molecular complexity index is 2590. The molecule has 4 amide bonds. The molecule has 0 saturated carbocycles. The summed E-state index contributed by atoms with van der Waals surface area (Å²) in [6.07, 6.45) is 6.71. The Hall–Kier alpha value is -8.08. The summed E-state index contributed by atoms with van der Waals surface area (Å²) in [5.41, 5.74) is 3.75. The van der Waals surface area contributed by atoms with Crippen molar-refractivity contribution in [3.05, 3.63) is 151 Å². The van der Waals surface area contributed by atoms with Gasteiger partial charge in [-0.05, 0) is 86.1 Å². The topological polar surface area (TPSA) is 199 Å². The highest BCUT2D eigenvalue weighted by molar-refractivity contribution is 6.00. The van der Waals surface area contributed by atoms with Crippen molar-refractivity contribution in [1.82, 2.24) is 29.9 Å². The largest absolute Gasteiger partial charge is 0.466 e. The van der Waals surface area contributed by atoms with Crippen molar-refractivity contribution >= 4 is 41.0 Å². The van der Waals surface area contributed by atoms with Crippen molar-refractivity contribution in [3.63, 3.8) is 0 Å². The summed E-state index contributed by atoms with van der Waals surface area (Å²) in [6, 6.07) is 27.9. The monoisotopic (exact) mass is 840 g/mol. The Labute approximate surface area is 356 Å². The molecule has 16 nitrogen and oxygen atoms in total. The molecule has 0 aliphatic carbocycles. The van der Waals surface area contributed by atoms with Gasteiger partial charge in [0, 0.05) is 65.3 Å². The smallest absolute Gasteiger partial charge is 0.324 e. The Morgan fingerprint density at radius 3 is 2.06 bits per heavy atom. The van der Waals surface area contributed by atoms with Crippen LogP contribution < -0.4 is 30.7 Å². The van der Waals surface area contributed by atoms with Crippen molar-refractivity contribution in [2.45, 2.75) is 46.5 Å². The molecule has 318 valence electrons. The third kappa shape index (κ3) is 12.7. The van der Waals surface area contributed by atoms with Gasteiger partial charge in [-0.1, -0.05) is 32.9 Å². The summed E-state index contributed by atoms with van der Waals surface area (Å²) < 4.78 is 32.2. The number of urea groups is 2. The number of aryl methyl sites for hydroxylation is 1. The summed E-state index contributed by atoms with van der Waals surface area (Å²) in [7, 11) is 0. The van der Waals surface area contributed by atoms with Crippen molar-refractivity contribution < 1.29 is 33.0 Å². The molecule has 7 rings (SSSR count). The normalized spacial score (nSPS) is 10.7. The van der Waals surface area contributed by atoms with E-state index in [-0.39, 0.29) is 23.5 Å². The number of carbonyl (C=O) groups excluding carboxylic acids is 3. The number of rotatable bonds is 12. The van der Waals surface area contributed by atoms with Crippen LogP contribution in [0.1, 0.15) is 44.6 Å². The van der Waals surface area contributed by atoms with Gasteiger partial charge in [0.25, 0.3) is 0 Å². The number of aromatic nitrogens is 6. The number of aromatic amines is 1. The Kier molecular flexibility index (Phi) is 14.2. The third-order valence-electron chi connectivity index (χ3n) is 8.64. The van der Waals surface area contributed by atoms with Gasteiger partial charge in [0.15, 0.2) is 5.82 Å². The standard InChI is InChI=1S/C25H23N5O4.C20H22FN5O2/c1-2-33-24(31)17-18-3-7-20(8-4-18)30-23(13-16-27-30)29-25(32)28-19-5-9-21(10-6-19)34-22-11-14-26-15-12-22;1-12-9-14(7-8-22-12)28-13-5-6-16(15(21)10-13)23-19(27)24-18-11-17(25-26-18)20(2,3)4/h3-16H,2,17H2,1H3,(H2,28,29,32);5-11H,1-4H3,(H3,23,24,25,26,27). The molecule has 5 N–H and O–H groups in total. The van der Waals surface area contributed by atoms with Crippen molar-refractivity contribution in [2.24, 2.45) is 0 Å². The number of halogens is 1. The highest BCUT2D eigenvalue weighted by atomic mass is 19.1. The van der Waals surface area contributed by atoms with Crippen LogP contribution in [0.15, 0.2) is 128 Å². The third-order valence-corrected chi connectivity index (χ3v) is 8.64. The molecule has 0 bridgehead atoms. The SMILES string of the molecule is CCOC(=O)Cc1ccc(-n2nccc2NC(=O)Nc2ccc(Oc3ccncc3)cc2)cc1.Cc1cc(Oc2ccc(NC(=O)Nc3cc(C(C)(C)C)[nH]n3)c(F)c2)ccn1. The van der Waals surface area contributed by atoms with Gasteiger partial charge in [-0.25, -0.2) is 18.7 Å². The summed E-state index contributed by atoms with van der Waals surface area (Å²) in [4.78, 5) is 44.3. The number of carbonyl (C=O) groups is 3. The minimum absolute atomic E-state index is 0.0299. The first kappa shape index (κ1) is 43.5. The molecule has 0 atom stereocenters. The van der Waals surface area contributed by atoms with E-state index in [0.29, 0.717) is 46.9 Å². The van der Waals surface area contributed by atoms with E-state index >= 15 is 0 Å². The lowest BCUT2D eigenvalue weighted by Gasteiger charge is -2.14. The predicted octanol–water partition coefficient (Wildman–Crippen LogP) is 9.80. The Balaban J connectivity index is 0.000000211. The summed E-state index contributed by atoms with van der Waals surface area (Å²) >= 11 is 0. The van der Waals surface area contributed by atoms with E-state index in [0.717, 1.165) is 22.6 Å². The molecular weight excluding hydrogens is 796 g/mol. The van der Waals surface area contributed by atoms with E-state index in [2.05, 4.69) is 46.5 Å². The van der Waals surface area contributed by atoms with Crippen molar-refractivity contribution in [1.29, 1.82) is 0 Å². The number of benzene rings is 3. The van der Waals surface area contributed by atoms with Crippen molar-refractivity contribution in [2.75, 3.05) is 27.9 Å². The van der Waals surface area contributed by atoms with E-state index in [4.69, 9.17) is 14.2 Å². The second kappa shape index (κ2) is 20.3. The van der Waals surface area contributed by atoms with Gasteiger partial charge in [-0.2, -0.15) is 10.2 Å². The van der Waals surface area contributed by atoms with Gasteiger partial charge >= 0.3 is 18.0 Å². The number of H-pyrrole nitrogens is 1. The zero-order chi connectivity index (χ0) is 44.1. The van der Waals surface area contributed by atoms with E-state index in [1.807, 2.05) is 52.0 Å². The van der Waals surface area contributed by atoms with Gasteiger partial charge < -0.3 is 24.8 Å². The number of hydrogen-bond acceptors (Lipinski definition) is 10. The number of amides is 4. The van der Waals surface area contributed by atoms with Gasteiger partial charge in [0.1, 0.15) is 34.6 Å². The van der Waals surface area contributed by atoms with E-state index in [9.17, 15) is 18.8 Å². The lowest BCUT2D eigenvalue weighted by atomic mass is 9.92. The number of hydrogen-bond donors (Lipinski definition) is 5. The fourth-order valence-corrected chi connectivity index (χ4v) is 5.58. The first-order chi connectivity index (χ1) is 29.8. The molecule has 0 spiro atoms. The minimum Gasteiger partial charge on any atom is -0.466 e. The molecule has 0 aliphatic heterocycles. The molecule has 0 fully saturated rings. The van der Waals surface area contributed by atoms with Gasteiger partial charge in [0.05, 0.1) is 30.6 Å². The summed E-state index contributed by atoms with van der Waals surface area (Å²) in [5.74, 6) is 2.15. The molecular formula is C45H45FN10O6. The molecule has 7 aromatic rings. The van der Waals surface area contributed by atoms with Crippen LogP contribution in [0.25, 0.3) is 5.69 Å². The highest BCUT2D eigenvalue weighted by Gasteiger charge is 2.18. The molecule has 0 unspecified atom stereocenters. The first-order valence-corrected chi connectivity index (χ1v) is 19.4. The molecule has 17 heteroatoms. The van der Waals surface area contributed by atoms with E-state index in [1.165, 1.54) is 12.1 Å². The zero-order valence-electron chi connectivity index (χ0n) is 34.6. The second-order valence-corrected chi connectivity index (χ2v) is 14.5. The van der Waals surface area contributed by atoms with Gasteiger partial charge in [-0.15, -0.1) is 0 Å². The second-order valence-electron chi connectivity index (χ2n) is 14.5. The van der Waals surface area contributed by atoms with Gasteiger partial charge in [0.2, 0.25) is 0 Å². The first-order valence-electron chi connectivity index (χ1n) is 19.4.